The lowest BCUT2D eigenvalue weighted by Gasteiger charge is -2.26. The molecule has 36 heavy (non-hydrogen) atoms. The second-order valence-corrected chi connectivity index (χ2v) is 9.14. The molecular formula is C30H31N3O3. The van der Waals surface area contributed by atoms with Crippen molar-refractivity contribution in [3.63, 3.8) is 0 Å². The van der Waals surface area contributed by atoms with Crippen LogP contribution in [0.3, 0.4) is 0 Å². The predicted octanol–water partition coefficient (Wildman–Crippen LogP) is 5.58. The van der Waals surface area contributed by atoms with Crippen LogP contribution in [0, 0.1) is 0 Å². The van der Waals surface area contributed by atoms with Crippen molar-refractivity contribution in [2.75, 3.05) is 47.1 Å². The molecule has 0 N–H and O–H groups in total. The van der Waals surface area contributed by atoms with E-state index in [9.17, 15) is 0 Å². The van der Waals surface area contributed by atoms with Gasteiger partial charge in [0.1, 0.15) is 5.65 Å². The summed E-state index contributed by atoms with van der Waals surface area (Å²) in [5.41, 5.74) is 8.32. The van der Waals surface area contributed by atoms with Gasteiger partial charge in [-0.3, -0.25) is 9.30 Å². The third kappa shape index (κ3) is 3.92. The topological polar surface area (TPSA) is 40.3 Å². The summed E-state index contributed by atoms with van der Waals surface area (Å²) in [7, 11) is 3.36. The molecule has 0 aliphatic carbocycles. The number of methoxy groups -OCH3 is 2. The molecule has 0 spiro atoms. The Morgan fingerprint density at radius 2 is 1.47 bits per heavy atom. The molecule has 0 saturated carbocycles. The van der Waals surface area contributed by atoms with E-state index in [-0.39, 0.29) is 0 Å². The van der Waals surface area contributed by atoms with E-state index >= 15 is 0 Å². The van der Waals surface area contributed by atoms with Gasteiger partial charge in [-0.05, 0) is 35.4 Å². The van der Waals surface area contributed by atoms with Crippen LogP contribution in [-0.2, 0) is 11.3 Å². The highest BCUT2D eigenvalue weighted by Gasteiger charge is 2.23. The van der Waals surface area contributed by atoms with Gasteiger partial charge in [0.2, 0.25) is 0 Å². The molecule has 3 heterocycles. The molecule has 0 amide bonds. The maximum atomic E-state index is 5.69. The van der Waals surface area contributed by atoms with E-state index in [0.717, 1.165) is 56.5 Å². The van der Waals surface area contributed by atoms with Crippen LogP contribution >= 0.6 is 0 Å². The molecule has 0 unspecified atom stereocenters. The molecule has 5 aromatic rings. The summed E-state index contributed by atoms with van der Waals surface area (Å²) in [6.07, 6.45) is 2.28. The highest BCUT2D eigenvalue weighted by Crippen LogP contribution is 2.42. The summed E-state index contributed by atoms with van der Waals surface area (Å²) in [4.78, 5) is 2.49. The van der Waals surface area contributed by atoms with Gasteiger partial charge in [0.15, 0.2) is 11.5 Å². The standard InChI is InChI=1S/C30H31N3O3/c1-34-27-13-12-23(20-28(27)35-2)29-24(22-8-4-3-5-9-22)21-33-26-11-7-6-10-25(26)32(30(29)33)15-14-31-16-18-36-19-17-31/h3-13,20-21H,14-19H2,1-2H3. The van der Waals surface area contributed by atoms with Crippen LogP contribution in [-0.4, -0.2) is 60.9 Å². The Bertz CT molecular complexity index is 1500. The molecule has 0 bridgehead atoms. The van der Waals surface area contributed by atoms with Crippen LogP contribution in [0.4, 0.5) is 0 Å². The predicted molar refractivity (Wildman–Crippen MR) is 144 cm³/mol. The Labute approximate surface area is 211 Å². The summed E-state index contributed by atoms with van der Waals surface area (Å²) >= 11 is 0. The minimum atomic E-state index is 0.726. The maximum Gasteiger partial charge on any atom is 0.161 e. The number of rotatable bonds is 7. The molecule has 184 valence electrons. The molecule has 1 fully saturated rings. The number of morpholine rings is 1. The fourth-order valence-electron chi connectivity index (χ4n) is 5.36. The fourth-order valence-corrected chi connectivity index (χ4v) is 5.36. The highest BCUT2D eigenvalue weighted by atomic mass is 16.5. The number of hydrogen-bond acceptors (Lipinski definition) is 4. The number of benzene rings is 3. The Balaban J connectivity index is 1.60. The Morgan fingerprint density at radius 1 is 0.750 bits per heavy atom. The Kier molecular flexibility index (Phi) is 6.13. The van der Waals surface area contributed by atoms with Crippen molar-refractivity contribution in [2.24, 2.45) is 0 Å². The smallest absolute Gasteiger partial charge is 0.161 e. The van der Waals surface area contributed by atoms with Crippen molar-refractivity contribution in [3.8, 4) is 33.8 Å². The molecule has 6 rings (SSSR count). The summed E-state index contributed by atoms with van der Waals surface area (Å²) in [5, 5.41) is 0. The number of aromatic nitrogens is 2. The van der Waals surface area contributed by atoms with E-state index in [1.165, 1.54) is 33.4 Å². The Morgan fingerprint density at radius 3 is 2.22 bits per heavy atom. The van der Waals surface area contributed by atoms with Crippen LogP contribution in [0.2, 0.25) is 0 Å². The number of para-hydroxylation sites is 2. The van der Waals surface area contributed by atoms with Crippen LogP contribution < -0.4 is 9.47 Å². The van der Waals surface area contributed by atoms with Gasteiger partial charge in [-0.25, -0.2) is 0 Å². The Hall–Kier alpha value is -3.74. The average Bonchev–Trinajstić information content (AvgIpc) is 3.48. The zero-order chi connectivity index (χ0) is 24.5. The molecule has 2 aromatic heterocycles. The summed E-state index contributed by atoms with van der Waals surface area (Å²) < 4.78 is 21.6. The summed E-state index contributed by atoms with van der Waals surface area (Å²) in [5.74, 6) is 1.45. The van der Waals surface area contributed by atoms with Crippen molar-refractivity contribution in [1.82, 2.24) is 13.9 Å². The molecule has 6 nitrogen and oxygen atoms in total. The van der Waals surface area contributed by atoms with E-state index in [4.69, 9.17) is 14.2 Å². The zero-order valence-electron chi connectivity index (χ0n) is 20.8. The number of fused-ring (bicyclic) bond motifs is 3. The monoisotopic (exact) mass is 481 g/mol. The summed E-state index contributed by atoms with van der Waals surface area (Å²) in [6.45, 7) is 5.46. The lowest BCUT2D eigenvalue weighted by atomic mass is 9.98. The second kappa shape index (κ2) is 9.72. The fraction of sp³-hybridized carbons (Fsp3) is 0.267. The second-order valence-electron chi connectivity index (χ2n) is 9.14. The molecule has 0 atom stereocenters. The molecular weight excluding hydrogens is 450 g/mol. The third-order valence-corrected chi connectivity index (χ3v) is 7.17. The van der Waals surface area contributed by atoms with Gasteiger partial charge < -0.3 is 18.8 Å². The molecule has 0 radical (unpaired) electrons. The zero-order valence-corrected chi connectivity index (χ0v) is 20.8. The van der Waals surface area contributed by atoms with E-state index < -0.39 is 0 Å². The van der Waals surface area contributed by atoms with Crippen molar-refractivity contribution < 1.29 is 14.2 Å². The SMILES string of the molecule is COc1ccc(-c2c(-c3ccccc3)cn3c4ccccc4n(CCN4CCOCC4)c23)cc1OC. The first-order valence-corrected chi connectivity index (χ1v) is 12.5. The van der Waals surface area contributed by atoms with Crippen molar-refractivity contribution in [2.45, 2.75) is 6.54 Å². The van der Waals surface area contributed by atoms with Crippen LogP contribution in [0.1, 0.15) is 0 Å². The van der Waals surface area contributed by atoms with Crippen molar-refractivity contribution in [3.05, 3.63) is 79.0 Å². The normalized spacial score (nSPS) is 14.5. The molecule has 3 aromatic carbocycles. The number of hydrogen-bond donors (Lipinski definition) is 0. The first kappa shape index (κ1) is 22.7. The third-order valence-electron chi connectivity index (χ3n) is 7.17. The van der Waals surface area contributed by atoms with Crippen LogP contribution in [0.5, 0.6) is 11.5 Å². The minimum Gasteiger partial charge on any atom is -0.493 e. The number of nitrogens with zero attached hydrogens (tertiary/aromatic N) is 3. The first-order chi connectivity index (χ1) is 17.8. The number of ether oxygens (including phenoxy) is 3. The molecule has 1 saturated heterocycles. The van der Waals surface area contributed by atoms with Gasteiger partial charge >= 0.3 is 0 Å². The largest absolute Gasteiger partial charge is 0.493 e. The van der Waals surface area contributed by atoms with Crippen LogP contribution in [0.25, 0.3) is 38.9 Å². The molecule has 6 heteroatoms. The van der Waals surface area contributed by atoms with E-state index in [2.05, 4.69) is 86.8 Å². The van der Waals surface area contributed by atoms with Gasteiger partial charge in [0.25, 0.3) is 0 Å². The minimum absolute atomic E-state index is 0.726. The van der Waals surface area contributed by atoms with E-state index in [1.807, 2.05) is 6.07 Å². The van der Waals surface area contributed by atoms with Gasteiger partial charge in [-0.15, -0.1) is 0 Å². The van der Waals surface area contributed by atoms with Gasteiger partial charge in [-0.1, -0.05) is 48.5 Å². The summed E-state index contributed by atoms with van der Waals surface area (Å²) in [6, 6.07) is 25.5. The lowest BCUT2D eigenvalue weighted by molar-refractivity contribution is 0.0366. The molecule has 1 aliphatic heterocycles. The average molecular weight is 482 g/mol. The van der Waals surface area contributed by atoms with Crippen molar-refractivity contribution >= 4 is 16.7 Å². The number of imidazole rings is 1. The van der Waals surface area contributed by atoms with E-state index in [1.54, 1.807) is 14.2 Å². The van der Waals surface area contributed by atoms with Crippen molar-refractivity contribution in [1.29, 1.82) is 0 Å². The van der Waals surface area contributed by atoms with Crippen LogP contribution in [0.15, 0.2) is 79.0 Å². The van der Waals surface area contributed by atoms with Gasteiger partial charge in [0, 0.05) is 43.5 Å². The quantitative estimate of drug-likeness (QED) is 0.304. The van der Waals surface area contributed by atoms with Gasteiger partial charge in [-0.2, -0.15) is 0 Å². The van der Waals surface area contributed by atoms with Gasteiger partial charge in [0.05, 0.1) is 38.5 Å². The lowest BCUT2D eigenvalue weighted by Crippen LogP contribution is -2.38. The highest BCUT2D eigenvalue weighted by molar-refractivity contribution is 5.98. The van der Waals surface area contributed by atoms with E-state index in [0.29, 0.717) is 0 Å². The molecule has 1 aliphatic rings. The first-order valence-electron chi connectivity index (χ1n) is 12.5. The maximum absolute atomic E-state index is 5.69.